The van der Waals surface area contributed by atoms with Gasteiger partial charge in [-0.25, -0.2) is 0 Å². The minimum atomic E-state index is 0.164. The van der Waals surface area contributed by atoms with Gasteiger partial charge in [0.15, 0.2) is 0 Å². The number of aromatic nitrogens is 1. The van der Waals surface area contributed by atoms with Crippen LogP contribution in [0.1, 0.15) is 16.8 Å². The second-order valence-electron chi connectivity index (χ2n) is 6.10. The van der Waals surface area contributed by atoms with Gasteiger partial charge in [-0.05, 0) is 12.5 Å². The molecule has 3 heterocycles. The molecule has 2 unspecified atom stereocenters. The fourth-order valence-corrected chi connectivity index (χ4v) is 3.62. The smallest absolute Gasteiger partial charge is 0.256 e. The summed E-state index contributed by atoms with van der Waals surface area (Å²) in [5, 5.41) is 1.05. The molecular formula is C16H20N4O. The van der Waals surface area contributed by atoms with E-state index in [-0.39, 0.29) is 5.91 Å². The summed E-state index contributed by atoms with van der Waals surface area (Å²) in [5.74, 6) is 0.690. The van der Waals surface area contributed by atoms with E-state index < -0.39 is 0 Å². The molecule has 21 heavy (non-hydrogen) atoms. The number of fused-ring (bicyclic) bond motifs is 2. The van der Waals surface area contributed by atoms with Crippen molar-refractivity contribution in [3.8, 4) is 0 Å². The average molecular weight is 284 g/mol. The van der Waals surface area contributed by atoms with E-state index in [4.69, 9.17) is 0 Å². The van der Waals surface area contributed by atoms with E-state index in [0.717, 1.165) is 42.5 Å². The maximum Gasteiger partial charge on any atom is 0.256 e. The zero-order valence-electron chi connectivity index (χ0n) is 12.2. The monoisotopic (exact) mass is 284 g/mol. The molecule has 110 valence electrons. The lowest BCUT2D eigenvalue weighted by Gasteiger charge is -2.34. The number of aryl methyl sites for hydroxylation is 1. The van der Waals surface area contributed by atoms with Crippen LogP contribution in [-0.2, 0) is 7.05 Å². The topological polar surface area (TPSA) is 49.3 Å². The van der Waals surface area contributed by atoms with Crippen molar-refractivity contribution < 1.29 is 4.79 Å². The summed E-state index contributed by atoms with van der Waals surface area (Å²) in [6, 6.07) is 8.62. The average Bonchev–Trinajstić information content (AvgIpc) is 3.11. The lowest BCUT2D eigenvalue weighted by atomic mass is 9.94. The molecule has 2 aromatic rings. The van der Waals surface area contributed by atoms with Crippen molar-refractivity contribution in [2.24, 2.45) is 13.0 Å². The van der Waals surface area contributed by atoms with Crippen LogP contribution in [0, 0.1) is 5.92 Å². The Balaban J connectivity index is 1.64. The van der Waals surface area contributed by atoms with Gasteiger partial charge in [0.05, 0.1) is 5.56 Å². The van der Waals surface area contributed by atoms with E-state index in [1.165, 1.54) is 0 Å². The molecule has 2 fully saturated rings. The Kier molecular flexibility index (Phi) is 2.97. The van der Waals surface area contributed by atoms with Gasteiger partial charge in [0.2, 0.25) is 0 Å². The molecular weight excluding hydrogens is 264 g/mol. The van der Waals surface area contributed by atoms with Gasteiger partial charge in [0.25, 0.3) is 5.91 Å². The van der Waals surface area contributed by atoms with E-state index in [1.54, 1.807) is 0 Å². The highest BCUT2D eigenvalue weighted by molar-refractivity contribution is 6.07. The van der Waals surface area contributed by atoms with Gasteiger partial charge in [-0.1, -0.05) is 18.2 Å². The fraction of sp³-hybridized carbons (Fsp3) is 0.438. The van der Waals surface area contributed by atoms with Crippen LogP contribution in [-0.4, -0.2) is 41.1 Å². The maximum atomic E-state index is 12.9. The largest absolute Gasteiger partial charge is 0.350 e. The molecule has 1 aromatic carbocycles. The highest BCUT2D eigenvalue weighted by Crippen LogP contribution is 2.25. The number of hydrazine groups is 1. The summed E-state index contributed by atoms with van der Waals surface area (Å²) in [4.78, 5) is 14.9. The second-order valence-corrected chi connectivity index (χ2v) is 6.10. The number of nitrogens with zero attached hydrogens (tertiary/aromatic N) is 2. The zero-order chi connectivity index (χ0) is 14.4. The van der Waals surface area contributed by atoms with Crippen LogP contribution in [0.15, 0.2) is 30.5 Å². The Morgan fingerprint density at radius 3 is 3.10 bits per heavy atom. The van der Waals surface area contributed by atoms with Crippen molar-refractivity contribution in [2.45, 2.75) is 12.5 Å². The first-order valence-corrected chi connectivity index (χ1v) is 7.56. The molecule has 2 aliphatic heterocycles. The van der Waals surface area contributed by atoms with E-state index in [2.05, 4.69) is 16.9 Å². The van der Waals surface area contributed by atoms with Gasteiger partial charge in [-0.3, -0.25) is 15.6 Å². The first-order valence-electron chi connectivity index (χ1n) is 7.56. The maximum absolute atomic E-state index is 12.9. The van der Waals surface area contributed by atoms with Gasteiger partial charge in [-0.2, -0.15) is 0 Å². The summed E-state index contributed by atoms with van der Waals surface area (Å²) < 4.78 is 2.04. The number of amides is 1. The molecule has 1 aromatic heterocycles. The van der Waals surface area contributed by atoms with Gasteiger partial charge >= 0.3 is 0 Å². The molecule has 1 amide bonds. The molecule has 5 heteroatoms. The predicted molar refractivity (Wildman–Crippen MR) is 81.9 cm³/mol. The Labute approximate surface area is 123 Å². The molecule has 0 bridgehead atoms. The SMILES string of the molecule is Cn1cc(C(=O)N2CCC3NNCC3C2)c2ccccc21. The molecule has 5 nitrogen and oxygen atoms in total. The summed E-state index contributed by atoms with van der Waals surface area (Å²) in [7, 11) is 2.00. The van der Waals surface area contributed by atoms with Crippen LogP contribution in [0.4, 0.5) is 0 Å². The highest BCUT2D eigenvalue weighted by Gasteiger charge is 2.35. The number of rotatable bonds is 1. The number of benzene rings is 1. The first kappa shape index (κ1) is 12.9. The molecule has 2 N–H and O–H groups in total. The van der Waals surface area contributed by atoms with E-state index >= 15 is 0 Å². The zero-order valence-corrected chi connectivity index (χ0v) is 12.2. The van der Waals surface area contributed by atoms with Crippen LogP contribution in [0.5, 0.6) is 0 Å². The third-order valence-electron chi connectivity index (χ3n) is 4.80. The van der Waals surface area contributed by atoms with Crippen molar-refractivity contribution in [1.29, 1.82) is 0 Å². The van der Waals surface area contributed by atoms with E-state index in [9.17, 15) is 4.79 Å². The molecule has 4 rings (SSSR count). The molecule has 0 aliphatic carbocycles. The van der Waals surface area contributed by atoms with Gasteiger partial charge in [0, 0.05) is 55.7 Å². The standard InChI is InChI=1S/C16H20N4O/c1-19-10-13(12-4-2-3-5-15(12)19)16(21)20-7-6-14-11(9-20)8-17-18-14/h2-5,10-11,14,17-18H,6-9H2,1H3. The number of likely N-dealkylation sites (tertiary alicyclic amines) is 1. The molecule has 2 aliphatic rings. The van der Waals surface area contributed by atoms with Crippen molar-refractivity contribution in [3.05, 3.63) is 36.0 Å². The van der Waals surface area contributed by atoms with Crippen molar-refractivity contribution in [3.63, 3.8) is 0 Å². The van der Waals surface area contributed by atoms with Crippen molar-refractivity contribution >= 4 is 16.8 Å². The van der Waals surface area contributed by atoms with Gasteiger partial charge in [0.1, 0.15) is 0 Å². The number of para-hydroxylation sites is 1. The number of carbonyl (C=O) groups is 1. The van der Waals surface area contributed by atoms with E-state index in [0.29, 0.717) is 12.0 Å². The Bertz CT molecular complexity index is 693. The quantitative estimate of drug-likeness (QED) is 0.825. The van der Waals surface area contributed by atoms with Gasteiger partial charge < -0.3 is 9.47 Å². The van der Waals surface area contributed by atoms with Crippen LogP contribution in [0.2, 0.25) is 0 Å². The third kappa shape index (κ3) is 2.04. The highest BCUT2D eigenvalue weighted by atomic mass is 16.2. The number of carbonyl (C=O) groups excluding carboxylic acids is 1. The second kappa shape index (κ2) is 4.86. The van der Waals surface area contributed by atoms with Gasteiger partial charge in [-0.15, -0.1) is 0 Å². The Morgan fingerprint density at radius 2 is 2.19 bits per heavy atom. The molecule has 2 saturated heterocycles. The molecule has 0 radical (unpaired) electrons. The number of piperidine rings is 1. The molecule has 0 saturated carbocycles. The summed E-state index contributed by atoms with van der Waals surface area (Å²) in [6.07, 6.45) is 2.98. The number of hydrogen-bond acceptors (Lipinski definition) is 3. The van der Waals surface area contributed by atoms with E-state index in [1.807, 2.05) is 40.9 Å². The minimum absolute atomic E-state index is 0.164. The van der Waals surface area contributed by atoms with Crippen LogP contribution in [0.3, 0.4) is 0 Å². The number of nitrogens with one attached hydrogen (secondary N) is 2. The van der Waals surface area contributed by atoms with Crippen LogP contribution < -0.4 is 10.9 Å². The first-order chi connectivity index (χ1) is 10.2. The Morgan fingerprint density at radius 1 is 1.33 bits per heavy atom. The third-order valence-corrected chi connectivity index (χ3v) is 4.80. The fourth-order valence-electron chi connectivity index (χ4n) is 3.62. The predicted octanol–water partition coefficient (Wildman–Crippen LogP) is 1.12. The Hall–Kier alpha value is -1.85. The van der Waals surface area contributed by atoms with Crippen molar-refractivity contribution in [1.82, 2.24) is 20.3 Å². The lowest BCUT2D eigenvalue weighted by Crippen LogP contribution is -2.47. The minimum Gasteiger partial charge on any atom is -0.350 e. The normalized spacial score (nSPS) is 25.3. The number of hydrogen-bond donors (Lipinski definition) is 2. The van der Waals surface area contributed by atoms with Crippen LogP contribution >= 0.6 is 0 Å². The summed E-state index contributed by atoms with van der Waals surface area (Å²) >= 11 is 0. The molecule has 2 atom stereocenters. The lowest BCUT2D eigenvalue weighted by molar-refractivity contribution is 0.0670. The van der Waals surface area contributed by atoms with Crippen LogP contribution in [0.25, 0.3) is 10.9 Å². The molecule has 0 spiro atoms. The summed E-state index contributed by atoms with van der Waals surface area (Å²) in [5.41, 5.74) is 8.44. The van der Waals surface area contributed by atoms with Crippen molar-refractivity contribution in [2.75, 3.05) is 19.6 Å². The summed E-state index contributed by atoms with van der Waals surface area (Å²) in [6.45, 7) is 2.62.